The highest BCUT2D eigenvalue weighted by Gasteiger charge is 2.40. The Hall–Kier alpha value is -2.41. The van der Waals surface area contributed by atoms with Gasteiger partial charge in [0.25, 0.3) is 5.91 Å². The van der Waals surface area contributed by atoms with E-state index in [0.29, 0.717) is 30.5 Å². The summed E-state index contributed by atoms with van der Waals surface area (Å²) in [6, 6.07) is 5.43. The van der Waals surface area contributed by atoms with Crippen LogP contribution in [0.5, 0.6) is 5.75 Å². The number of amides is 3. The van der Waals surface area contributed by atoms with Crippen LogP contribution in [-0.2, 0) is 16.1 Å². The number of piperidine rings is 1. The molecule has 0 bridgehead atoms. The van der Waals surface area contributed by atoms with E-state index >= 15 is 0 Å². The maximum absolute atomic E-state index is 12.9. The molecule has 1 aromatic rings. The summed E-state index contributed by atoms with van der Waals surface area (Å²) in [4.78, 5) is 40.6. The minimum Gasteiger partial charge on any atom is -0.489 e. The Balaban J connectivity index is 1.49. The number of benzene rings is 1. The van der Waals surface area contributed by atoms with E-state index in [-0.39, 0.29) is 30.2 Å². The second-order valence-corrected chi connectivity index (χ2v) is 8.64. The second kappa shape index (κ2) is 8.38. The molecule has 0 spiro atoms. The van der Waals surface area contributed by atoms with Crippen molar-refractivity contribution in [3.8, 4) is 5.75 Å². The largest absolute Gasteiger partial charge is 0.489 e. The van der Waals surface area contributed by atoms with E-state index in [1.807, 2.05) is 18.2 Å². The molecule has 3 aliphatic rings. The zero-order valence-electron chi connectivity index (χ0n) is 18.0. The third kappa shape index (κ3) is 3.71. The first-order valence-electron chi connectivity index (χ1n) is 11.1. The number of carbonyl (C=O) groups is 3. The smallest absolute Gasteiger partial charge is 0.255 e. The van der Waals surface area contributed by atoms with Crippen molar-refractivity contribution in [2.45, 2.75) is 71.2 Å². The van der Waals surface area contributed by atoms with Crippen LogP contribution in [0.1, 0.15) is 62.4 Å². The lowest BCUT2D eigenvalue weighted by Crippen LogP contribution is -2.52. The monoisotopic (exact) mass is 413 g/mol. The summed E-state index contributed by atoms with van der Waals surface area (Å²) in [5.74, 6) is 0.564. The van der Waals surface area contributed by atoms with Gasteiger partial charge < -0.3 is 9.64 Å². The van der Waals surface area contributed by atoms with Gasteiger partial charge in [-0.05, 0) is 62.0 Å². The number of hydrogen-bond acceptors (Lipinski definition) is 5. The number of nitrogens with one attached hydrogen (secondary N) is 1. The average molecular weight is 414 g/mol. The van der Waals surface area contributed by atoms with E-state index in [9.17, 15) is 14.4 Å². The lowest BCUT2D eigenvalue weighted by Gasteiger charge is -2.34. The predicted octanol–water partition coefficient (Wildman–Crippen LogP) is 2.34. The number of likely N-dealkylation sites (N-methyl/N-ethyl adjacent to an activating group) is 1. The zero-order valence-corrected chi connectivity index (χ0v) is 18.0. The Morgan fingerprint density at radius 3 is 2.60 bits per heavy atom. The molecule has 30 heavy (non-hydrogen) atoms. The van der Waals surface area contributed by atoms with E-state index in [0.717, 1.165) is 37.2 Å². The van der Waals surface area contributed by atoms with Crippen LogP contribution in [0.25, 0.3) is 0 Å². The fourth-order valence-electron chi connectivity index (χ4n) is 5.30. The molecule has 0 radical (unpaired) electrons. The first-order valence-corrected chi connectivity index (χ1v) is 11.1. The van der Waals surface area contributed by atoms with Crippen LogP contribution in [0, 0.1) is 5.92 Å². The summed E-state index contributed by atoms with van der Waals surface area (Å²) >= 11 is 0. The Morgan fingerprint density at radius 2 is 1.90 bits per heavy atom. The molecule has 0 aromatic heterocycles. The highest BCUT2D eigenvalue weighted by atomic mass is 16.5. The van der Waals surface area contributed by atoms with Crippen LogP contribution >= 0.6 is 0 Å². The highest BCUT2D eigenvalue weighted by Crippen LogP contribution is 2.35. The first kappa shape index (κ1) is 20.8. The molecule has 7 heteroatoms. The van der Waals surface area contributed by atoms with Gasteiger partial charge in [-0.1, -0.05) is 20.8 Å². The molecule has 2 aliphatic heterocycles. The lowest BCUT2D eigenvalue weighted by atomic mass is 10.0. The van der Waals surface area contributed by atoms with Gasteiger partial charge in [0.1, 0.15) is 17.9 Å². The van der Waals surface area contributed by atoms with E-state index in [1.165, 1.54) is 0 Å². The van der Waals surface area contributed by atoms with E-state index < -0.39 is 6.04 Å². The average Bonchev–Trinajstić information content (AvgIpc) is 3.23. The minimum absolute atomic E-state index is 0.140. The van der Waals surface area contributed by atoms with Gasteiger partial charge in [0.2, 0.25) is 11.8 Å². The summed E-state index contributed by atoms with van der Waals surface area (Å²) in [6.45, 7) is 9.06. The van der Waals surface area contributed by atoms with Crippen LogP contribution in [0.15, 0.2) is 18.2 Å². The summed E-state index contributed by atoms with van der Waals surface area (Å²) < 4.78 is 6.42. The number of imide groups is 1. The van der Waals surface area contributed by atoms with Gasteiger partial charge >= 0.3 is 0 Å². The van der Waals surface area contributed by atoms with Gasteiger partial charge in [-0.2, -0.15) is 0 Å². The number of fused-ring (bicyclic) bond motifs is 1. The van der Waals surface area contributed by atoms with Crippen LogP contribution in [0.3, 0.4) is 0 Å². The van der Waals surface area contributed by atoms with Gasteiger partial charge in [-0.25, -0.2) is 0 Å². The van der Waals surface area contributed by atoms with E-state index in [1.54, 1.807) is 4.90 Å². The molecule has 1 aliphatic carbocycles. The minimum atomic E-state index is -0.588. The maximum Gasteiger partial charge on any atom is 0.255 e. The van der Waals surface area contributed by atoms with Crippen molar-refractivity contribution < 1.29 is 19.1 Å². The van der Waals surface area contributed by atoms with Crippen LogP contribution in [-0.4, -0.2) is 58.8 Å². The van der Waals surface area contributed by atoms with Crippen molar-refractivity contribution in [1.29, 1.82) is 0 Å². The third-order valence-electron chi connectivity index (χ3n) is 6.89. The Morgan fingerprint density at radius 1 is 1.13 bits per heavy atom. The molecule has 1 saturated carbocycles. The Kier molecular flexibility index (Phi) is 5.82. The lowest BCUT2D eigenvalue weighted by molar-refractivity contribution is -0.136. The summed E-state index contributed by atoms with van der Waals surface area (Å²) in [7, 11) is 0. The topological polar surface area (TPSA) is 79.0 Å². The summed E-state index contributed by atoms with van der Waals surface area (Å²) in [5.41, 5.74) is 1.50. The Labute approximate surface area is 177 Å². The standard InChI is InChI=1S/C23H31N3O4/c1-4-25(5-2)21-14(3)6-10-19(21)30-16-7-8-17-15(12-16)13-26(23(17)29)18-9-11-20(27)24-22(18)28/h7-8,12,14,18-19,21H,4-6,9-11,13H2,1-3H3,(H,24,27,28)/t14-,18?,19-,21-/m0/s1. The zero-order chi connectivity index (χ0) is 21.4. The fourth-order valence-corrected chi connectivity index (χ4v) is 5.30. The Bertz CT molecular complexity index is 851. The molecular formula is C23H31N3O4. The summed E-state index contributed by atoms with van der Waals surface area (Å²) in [5, 5.41) is 2.34. The van der Waals surface area contributed by atoms with Gasteiger partial charge in [-0.3, -0.25) is 24.6 Å². The summed E-state index contributed by atoms with van der Waals surface area (Å²) in [6.07, 6.45) is 2.96. The quantitative estimate of drug-likeness (QED) is 0.724. The number of rotatable bonds is 6. The maximum atomic E-state index is 12.9. The van der Waals surface area contributed by atoms with Crippen molar-refractivity contribution in [2.24, 2.45) is 5.92 Å². The molecule has 4 rings (SSSR count). The van der Waals surface area contributed by atoms with Crippen molar-refractivity contribution in [3.05, 3.63) is 29.3 Å². The second-order valence-electron chi connectivity index (χ2n) is 8.64. The van der Waals surface area contributed by atoms with Crippen molar-refractivity contribution in [1.82, 2.24) is 15.1 Å². The van der Waals surface area contributed by atoms with Crippen molar-refractivity contribution in [2.75, 3.05) is 13.1 Å². The van der Waals surface area contributed by atoms with Crippen LogP contribution < -0.4 is 10.1 Å². The molecule has 1 unspecified atom stereocenters. The predicted molar refractivity (Wildman–Crippen MR) is 112 cm³/mol. The molecule has 1 aromatic carbocycles. The number of carbonyl (C=O) groups excluding carboxylic acids is 3. The van der Waals surface area contributed by atoms with E-state index in [4.69, 9.17) is 4.74 Å². The van der Waals surface area contributed by atoms with E-state index in [2.05, 4.69) is 31.0 Å². The van der Waals surface area contributed by atoms with Crippen LogP contribution in [0.4, 0.5) is 0 Å². The number of ether oxygens (including phenoxy) is 1. The van der Waals surface area contributed by atoms with Crippen molar-refractivity contribution >= 4 is 17.7 Å². The van der Waals surface area contributed by atoms with Crippen molar-refractivity contribution in [3.63, 3.8) is 0 Å². The molecule has 4 atom stereocenters. The highest BCUT2D eigenvalue weighted by molar-refractivity contribution is 6.05. The fraction of sp³-hybridized carbons (Fsp3) is 0.609. The molecule has 2 fully saturated rings. The van der Waals surface area contributed by atoms with Gasteiger partial charge in [0, 0.05) is 24.6 Å². The molecule has 1 N–H and O–H groups in total. The normalized spacial score (nSPS) is 28.8. The molecule has 1 saturated heterocycles. The van der Waals surface area contributed by atoms with Crippen LogP contribution in [0.2, 0.25) is 0 Å². The SMILES string of the molecule is CCN(CC)[C@@H]1[C@@H](Oc2ccc3c(c2)CN(C2CCC(=O)NC2=O)C3=O)CC[C@@H]1C. The number of hydrogen-bond donors (Lipinski definition) is 1. The van der Waals surface area contributed by atoms with Gasteiger partial charge in [0.15, 0.2) is 0 Å². The van der Waals surface area contributed by atoms with Gasteiger partial charge in [-0.15, -0.1) is 0 Å². The van der Waals surface area contributed by atoms with Gasteiger partial charge in [0.05, 0.1) is 0 Å². The first-order chi connectivity index (χ1) is 14.4. The molecule has 2 heterocycles. The third-order valence-corrected chi connectivity index (χ3v) is 6.89. The molecule has 162 valence electrons. The number of nitrogens with zero attached hydrogens (tertiary/aromatic N) is 2. The molecule has 3 amide bonds. The molecule has 7 nitrogen and oxygen atoms in total. The molecular weight excluding hydrogens is 382 g/mol.